The Morgan fingerprint density at radius 3 is 3.11 bits per heavy atom. The lowest BCUT2D eigenvalue weighted by Gasteiger charge is -1.93. The zero-order valence-electron chi connectivity index (χ0n) is 5.22. The van der Waals surface area contributed by atoms with Crippen LogP contribution < -0.4 is 11.1 Å². The lowest BCUT2D eigenvalue weighted by Crippen LogP contribution is -2.05. The van der Waals surface area contributed by atoms with Crippen molar-refractivity contribution in [1.29, 1.82) is 0 Å². The molecule has 0 spiro atoms. The molecule has 9 heavy (non-hydrogen) atoms. The van der Waals surface area contributed by atoms with Crippen LogP contribution in [-0.2, 0) is 6.54 Å². The van der Waals surface area contributed by atoms with Crippen LogP contribution in [0.1, 0.15) is 5.56 Å². The molecule has 1 heterocycles. The van der Waals surface area contributed by atoms with E-state index in [0.29, 0.717) is 0 Å². The van der Waals surface area contributed by atoms with Crippen molar-refractivity contribution in [3.05, 3.63) is 11.8 Å². The molecule has 0 radical (unpaired) electrons. The van der Waals surface area contributed by atoms with Gasteiger partial charge in [0, 0.05) is 18.3 Å². The first-order valence-corrected chi connectivity index (χ1v) is 3.45. The smallest absolute Gasteiger partial charge is 0.111 e. The number of anilines is 1. The summed E-state index contributed by atoms with van der Waals surface area (Å²) in [6.45, 7) is 0.808. The molecule has 0 amide bonds. The summed E-state index contributed by atoms with van der Waals surface area (Å²) in [7, 11) is 1.89. The quantitative estimate of drug-likeness (QED) is 0.631. The van der Waals surface area contributed by atoms with Crippen LogP contribution in [0, 0.1) is 0 Å². The number of aromatic nitrogens is 1. The second kappa shape index (κ2) is 2.80. The van der Waals surface area contributed by atoms with E-state index in [1.165, 1.54) is 11.5 Å². The van der Waals surface area contributed by atoms with Gasteiger partial charge in [0.15, 0.2) is 0 Å². The molecule has 0 atom stereocenters. The molecule has 0 aromatic carbocycles. The minimum Gasteiger partial charge on any atom is -0.389 e. The van der Waals surface area contributed by atoms with Gasteiger partial charge in [-0.25, -0.2) is 0 Å². The maximum absolute atomic E-state index is 5.54. The van der Waals surface area contributed by atoms with Crippen LogP contribution in [0.3, 0.4) is 0 Å². The van der Waals surface area contributed by atoms with Crippen molar-refractivity contribution < 1.29 is 0 Å². The fourth-order valence-corrected chi connectivity index (χ4v) is 1.13. The number of hydrogen-bond acceptors (Lipinski definition) is 4. The average Bonchev–Trinajstić information content (AvgIpc) is 2.18. The predicted molar refractivity (Wildman–Crippen MR) is 39.3 cm³/mol. The normalized spacial score (nSPS) is 9.89. The summed E-state index contributed by atoms with van der Waals surface area (Å²) in [6.07, 6.45) is 1.79. The molecule has 0 fully saturated rings. The van der Waals surface area contributed by atoms with E-state index in [1.54, 1.807) is 6.20 Å². The largest absolute Gasteiger partial charge is 0.389 e. The molecule has 0 bridgehead atoms. The Labute approximate surface area is 58.1 Å². The zero-order valence-corrected chi connectivity index (χ0v) is 6.03. The summed E-state index contributed by atoms with van der Waals surface area (Å²) >= 11 is 1.33. The number of nitrogens with two attached hydrogens (primary N) is 1. The van der Waals surface area contributed by atoms with Crippen molar-refractivity contribution >= 4 is 16.5 Å². The molecule has 1 rings (SSSR count). The topological polar surface area (TPSA) is 50.9 Å². The van der Waals surface area contributed by atoms with Gasteiger partial charge in [0.05, 0.1) is 0 Å². The molecule has 0 unspecified atom stereocenters. The van der Waals surface area contributed by atoms with Crippen molar-refractivity contribution in [2.24, 2.45) is 0 Å². The fourth-order valence-electron chi connectivity index (χ4n) is 0.592. The van der Waals surface area contributed by atoms with Crippen molar-refractivity contribution in [3.63, 3.8) is 0 Å². The lowest BCUT2D eigenvalue weighted by molar-refractivity contribution is 0.821. The van der Waals surface area contributed by atoms with Crippen molar-refractivity contribution in [3.8, 4) is 0 Å². The van der Waals surface area contributed by atoms with E-state index in [1.807, 2.05) is 7.05 Å². The molecule has 0 aliphatic carbocycles. The third-order valence-corrected chi connectivity index (χ3v) is 1.71. The number of nitrogen functional groups attached to an aromatic ring is 1. The first kappa shape index (κ1) is 6.51. The van der Waals surface area contributed by atoms with Crippen LogP contribution in [0.15, 0.2) is 6.20 Å². The van der Waals surface area contributed by atoms with Crippen LogP contribution in [0.25, 0.3) is 0 Å². The lowest BCUT2D eigenvalue weighted by atomic mass is 10.3. The molecule has 0 saturated heterocycles. The number of nitrogens with zero attached hydrogens (tertiary/aromatic N) is 1. The van der Waals surface area contributed by atoms with Gasteiger partial charge in [-0.2, -0.15) is 4.37 Å². The minimum absolute atomic E-state index is 0.808. The van der Waals surface area contributed by atoms with E-state index in [2.05, 4.69) is 9.69 Å². The second-order valence-electron chi connectivity index (χ2n) is 1.75. The van der Waals surface area contributed by atoms with E-state index in [-0.39, 0.29) is 0 Å². The molecule has 0 saturated carbocycles. The molecule has 1 aromatic heterocycles. The summed E-state index contributed by atoms with van der Waals surface area (Å²) in [6, 6.07) is 0. The summed E-state index contributed by atoms with van der Waals surface area (Å²) in [5.74, 6) is 0. The second-order valence-corrected chi connectivity index (χ2v) is 2.58. The van der Waals surface area contributed by atoms with Gasteiger partial charge in [0.25, 0.3) is 0 Å². The number of nitrogens with one attached hydrogen (secondary N) is 1. The SMILES string of the molecule is CNCc1cnsc1N. The molecular formula is C5H9N3S. The van der Waals surface area contributed by atoms with Gasteiger partial charge in [0.2, 0.25) is 0 Å². The van der Waals surface area contributed by atoms with E-state index in [9.17, 15) is 0 Å². The van der Waals surface area contributed by atoms with Crippen molar-refractivity contribution in [1.82, 2.24) is 9.69 Å². The highest BCUT2D eigenvalue weighted by molar-refractivity contribution is 7.10. The zero-order chi connectivity index (χ0) is 6.69. The molecule has 0 aliphatic heterocycles. The van der Waals surface area contributed by atoms with Gasteiger partial charge in [0.1, 0.15) is 5.00 Å². The summed E-state index contributed by atoms with van der Waals surface area (Å²) in [4.78, 5) is 0. The van der Waals surface area contributed by atoms with Crippen LogP contribution in [0.4, 0.5) is 5.00 Å². The number of rotatable bonds is 2. The van der Waals surface area contributed by atoms with E-state index < -0.39 is 0 Å². The summed E-state index contributed by atoms with van der Waals surface area (Å²) in [5, 5.41) is 3.81. The summed E-state index contributed by atoms with van der Waals surface area (Å²) < 4.78 is 3.92. The minimum atomic E-state index is 0.808. The van der Waals surface area contributed by atoms with Gasteiger partial charge in [-0.05, 0) is 18.6 Å². The molecular weight excluding hydrogens is 134 g/mol. The van der Waals surface area contributed by atoms with E-state index >= 15 is 0 Å². The highest BCUT2D eigenvalue weighted by Gasteiger charge is 1.97. The van der Waals surface area contributed by atoms with Crippen LogP contribution in [0.5, 0.6) is 0 Å². The first-order chi connectivity index (χ1) is 4.34. The van der Waals surface area contributed by atoms with E-state index in [0.717, 1.165) is 17.1 Å². The van der Waals surface area contributed by atoms with Gasteiger partial charge in [-0.1, -0.05) is 0 Å². The highest BCUT2D eigenvalue weighted by atomic mass is 32.1. The van der Waals surface area contributed by atoms with E-state index in [4.69, 9.17) is 5.73 Å². The first-order valence-electron chi connectivity index (χ1n) is 2.68. The predicted octanol–water partition coefficient (Wildman–Crippen LogP) is 0.445. The van der Waals surface area contributed by atoms with Crippen LogP contribution >= 0.6 is 11.5 Å². The molecule has 0 aliphatic rings. The third-order valence-electron chi connectivity index (χ3n) is 1.04. The standard InChI is InChI=1S/C5H9N3S/c1-7-2-4-3-8-9-5(4)6/h3,7H,2,6H2,1H3. The van der Waals surface area contributed by atoms with Crippen molar-refractivity contribution in [2.45, 2.75) is 6.54 Å². The molecule has 3 nitrogen and oxygen atoms in total. The van der Waals surface area contributed by atoms with Gasteiger partial charge >= 0.3 is 0 Å². The molecule has 3 N–H and O–H groups in total. The Morgan fingerprint density at radius 2 is 2.67 bits per heavy atom. The maximum atomic E-state index is 5.54. The van der Waals surface area contributed by atoms with Gasteiger partial charge in [-0.3, -0.25) is 0 Å². The monoisotopic (exact) mass is 143 g/mol. The summed E-state index contributed by atoms with van der Waals surface area (Å²) in [5.41, 5.74) is 6.63. The fraction of sp³-hybridized carbons (Fsp3) is 0.400. The molecule has 1 aromatic rings. The Bertz CT molecular complexity index is 184. The third kappa shape index (κ3) is 1.40. The Morgan fingerprint density at radius 1 is 1.89 bits per heavy atom. The average molecular weight is 143 g/mol. The van der Waals surface area contributed by atoms with Crippen LogP contribution in [0.2, 0.25) is 0 Å². The number of hydrogen-bond donors (Lipinski definition) is 2. The molecule has 50 valence electrons. The van der Waals surface area contributed by atoms with Crippen molar-refractivity contribution in [2.75, 3.05) is 12.8 Å². The Balaban J connectivity index is 2.69. The van der Waals surface area contributed by atoms with Gasteiger partial charge < -0.3 is 11.1 Å². The Hall–Kier alpha value is -0.610. The molecule has 4 heteroatoms. The highest BCUT2D eigenvalue weighted by Crippen LogP contribution is 2.14. The van der Waals surface area contributed by atoms with Gasteiger partial charge in [-0.15, -0.1) is 0 Å². The maximum Gasteiger partial charge on any atom is 0.111 e. The van der Waals surface area contributed by atoms with Crippen LogP contribution in [-0.4, -0.2) is 11.4 Å². The Kier molecular flexibility index (Phi) is 2.02.